The van der Waals surface area contributed by atoms with Crippen LogP contribution in [0.1, 0.15) is 39.5 Å². The van der Waals surface area contributed by atoms with Gasteiger partial charge in [0.2, 0.25) is 0 Å². The molecule has 2 aromatic carbocycles. The van der Waals surface area contributed by atoms with Gasteiger partial charge in [0.1, 0.15) is 0 Å². The Bertz CT molecular complexity index is 1040. The fourth-order valence-corrected chi connectivity index (χ4v) is 5.28. The standard InChI is InChI=1S/C25H30N4O4S/c30-12-8-23-22-15-21(6-5-19(22)7-9-28(23)17-24(31)32)27-25(33)20-3-1-18(2-4-20)16-26-29-10-13-34-14-11-29/h1-6,15-16,23,30H,7-14,17H2,(H,27,33)(H,31,32). The first-order valence-corrected chi connectivity index (χ1v) is 12.7. The van der Waals surface area contributed by atoms with Gasteiger partial charge in [-0.1, -0.05) is 18.2 Å². The summed E-state index contributed by atoms with van der Waals surface area (Å²) in [6.45, 7) is 2.42. The van der Waals surface area contributed by atoms with Gasteiger partial charge >= 0.3 is 5.97 Å². The number of anilines is 1. The molecule has 0 aromatic heterocycles. The van der Waals surface area contributed by atoms with Crippen LogP contribution >= 0.6 is 11.8 Å². The molecule has 0 aliphatic carbocycles. The molecule has 2 aliphatic heterocycles. The van der Waals surface area contributed by atoms with Crippen LogP contribution < -0.4 is 5.32 Å². The molecule has 0 bridgehead atoms. The Hall–Kier alpha value is -2.88. The Morgan fingerprint density at radius 2 is 1.88 bits per heavy atom. The van der Waals surface area contributed by atoms with E-state index in [1.807, 2.05) is 53.2 Å². The lowest BCUT2D eigenvalue weighted by atomic mass is 9.90. The Morgan fingerprint density at radius 1 is 1.12 bits per heavy atom. The highest BCUT2D eigenvalue weighted by Gasteiger charge is 2.28. The van der Waals surface area contributed by atoms with Crippen LogP contribution in [0.5, 0.6) is 0 Å². The molecule has 0 radical (unpaired) electrons. The van der Waals surface area contributed by atoms with Crippen molar-refractivity contribution in [3.8, 4) is 0 Å². The van der Waals surface area contributed by atoms with Crippen molar-refractivity contribution in [1.82, 2.24) is 9.91 Å². The molecule has 1 saturated heterocycles. The molecule has 8 nitrogen and oxygen atoms in total. The van der Waals surface area contributed by atoms with Crippen molar-refractivity contribution in [2.75, 3.05) is 49.6 Å². The van der Waals surface area contributed by atoms with E-state index < -0.39 is 5.97 Å². The predicted molar refractivity (Wildman–Crippen MR) is 135 cm³/mol. The Balaban J connectivity index is 1.43. The van der Waals surface area contributed by atoms with Gasteiger partial charge in [0.05, 0.1) is 12.8 Å². The number of nitrogens with zero attached hydrogens (tertiary/aromatic N) is 3. The van der Waals surface area contributed by atoms with Crippen LogP contribution in [-0.2, 0) is 11.2 Å². The minimum absolute atomic E-state index is 0.0385. The minimum Gasteiger partial charge on any atom is -0.480 e. The third kappa shape index (κ3) is 6.16. The van der Waals surface area contributed by atoms with E-state index >= 15 is 0 Å². The van der Waals surface area contributed by atoms with Crippen LogP contribution in [0.3, 0.4) is 0 Å². The molecule has 2 aromatic rings. The number of hydrogen-bond acceptors (Lipinski definition) is 7. The monoisotopic (exact) mass is 482 g/mol. The van der Waals surface area contributed by atoms with E-state index in [4.69, 9.17) is 0 Å². The number of thioether (sulfide) groups is 1. The van der Waals surface area contributed by atoms with E-state index in [0.29, 0.717) is 24.2 Å². The quantitative estimate of drug-likeness (QED) is 0.497. The third-order valence-electron chi connectivity index (χ3n) is 6.14. The average Bonchev–Trinajstić information content (AvgIpc) is 2.85. The lowest BCUT2D eigenvalue weighted by Crippen LogP contribution is -2.39. The van der Waals surface area contributed by atoms with Crippen LogP contribution in [-0.4, -0.2) is 82.5 Å². The summed E-state index contributed by atoms with van der Waals surface area (Å²) in [7, 11) is 0. The second-order valence-electron chi connectivity index (χ2n) is 8.44. The summed E-state index contributed by atoms with van der Waals surface area (Å²) >= 11 is 1.94. The number of benzene rings is 2. The van der Waals surface area contributed by atoms with Crippen LogP contribution in [0.15, 0.2) is 47.6 Å². The molecule has 3 N–H and O–H groups in total. The van der Waals surface area contributed by atoms with Crippen LogP contribution in [0.2, 0.25) is 0 Å². The van der Waals surface area contributed by atoms with Gasteiger partial charge in [-0.25, -0.2) is 0 Å². The fraction of sp³-hybridized carbons (Fsp3) is 0.400. The van der Waals surface area contributed by atoms with Crippen molar-refractivity contribution < 1.29 is 19.8 Å². The number of hydrazone groups is 1. The van der Waals surface area contributed by atoms with E-state index in [1.54, 1.807) is 12.1 Å². The number of hydrogen-bond donors (Lipinski definition) is 3. The lowest BCUT2D eigenvalue weighted by molar-refractivity contribution is -0.139. The number of fused-ring (bicyclic) bond motifs is 1. The molecule has 2 heterocycles. The molecule has 0 saturated carbocycles. The zero-order valence-corrected chi connectivity index (χ0v) is 19.8. The molecule has 0 spiro atoms. The Kier molecular flexibility index (Phi) is 8.21. The average molecular weight is 483 g/mol. The van der Waals surface area contributed by atoms with Gasteiger partial charge in [0, 0.05) is 55.0 Å². The first-order chi connectivity index (χ1) is 16.5. The van der Waals surface area contributed by atoms with E-state index in [0.717, 1.165) is 47.7 Å². The van der Waals surface area contributed by atoms with E-state index in [1.165, 1.54) is 0 Å². The van der Waals surface area contributed by atoms with Gasteiger partial charge in [-0.05, 0) is 53.8 Å². The fourth-order valence-electron chi connectivity index (χ4n) is 4.39. The first-order valence-electron chi connectivity index (χ1n) is 11.5. The molecule has 1 amide bonds. The number of aliphatic hydroxyl groups is 1. The third-order valence-corrected chi connectivity index (χ3v) is 7.09. The van der Waals surface area contributed by atoms with E-state index in [2.05, 4.69) is 15.4 Å². The molecule has 4 rings (SSSR count). The van der Waals surface area contributed by atoms with Crippen molar-refractivity contribution in [1.29, 1.82) is 0 Å². The number of carbonyl (C=O) groups is 2. The molecule has 1 atom stereocenters. The van der Waals surface area contributed by atoms with E-state index in [-0.39, 0.29) is 25.1 Å². The lowest BCUT2D eigenvalue weighted by Gasteiger charge is -2.36. The number of aliphatic carboxylic acids is 1. The molecule has 2 aliphatic rings. The summed E-state index contributed by atoms with van der Waals surface area (Å²) in [5.41, 5.74) is 4.21. The molecule has 34 heavy (non-hydrogen) atoms. The number of carboxylic acids is 1. The number of amides is 1. The van der Waals surface area contributed by atoms with Gasteiger partial charge in [-0.15, -0.1) is 0 Å². The zero-order chi connectivity index (χ0) is 23.9. The van der Waals surface area contributed by atoms with Crippen LogP contribution in [0.25, 0.3) is 0 Å². The SMILES string of the molecule is O=C(O)CN1CCc2ccc(NC(=O)c3ccc(C=NN4CCSCC4)cc3)cc2C1CCO. The molecular formula is C25H30N4O4S. The number of nitrogens with one attached hydrogen (secondary N) is 1. The molecular weight excluding hydrogens is 452 g/mol. The smallest absolute Gasteiger partial charge is 0.317 e. The number of aliphatic hydroxyl groups excluding tert-OH is 1. The maximum Gasteiger partial charge on any atom is 0.317 e. The van der Waals surface area contributed by atoms with Crippen molar-refractivity contribution in [3.05, 3.63) is 64.7 Å². The topological polar surface area (TPSA) is 105 Å². The van der Waals surface area contributed by atoms with Gasteiger partial charge in [-0.3, -0.25) is 19.5 Å². The van der Waals surface area contributed by atoms with Gasteiger partial charge < -0.3 is 15.5 Å². The maximum atomic E-state index is 12.8. The van der Waals surface area contributed by atoms with Crippen molar-refractivity contribution in [3.63, 3.8) is 0 Å². The van der Waals surface area contributed by atoms with Crippen LogP contribution in [0.4, 0.5) is 5.69 Å². The summed E-state index contributed by atoms with van der Waals surface area (Å²) < 4.78 is 0. The normalized spacial score (nSPS) is 18.6. The summed E-state index contributed by atoms with van der Waals surface area (Å²) in [5.74, 6) is 1.09. The minimum atomic E-state index is -0.890. The highest BCUT2D eigenvalue weighted by molar-refractivity contribution is 7.99. The van der Waals surface area contributed by atoms with Gasteiger partial charge in [0.15, 0.2) is 0 Å². The number of carbonyl (C=O) groups excluding carboxylic acids is 1. The molecule has 1 fully saturated rings. The van der Waals surface area contributed by atoms with Crippen molar-refractivity contribution in [2.24, 2.45) is 5.10 Å². The highest BCUT2D eigenvalue weighted by Crippen LogP contribution is 2.34. The largest absolute Gasteiger partial charge is 0.480 e. The predicted octanol–water partition coefficient (Wildman–Crippen LogP) is 2.69. The van der Waals surface area contributed by atoms with E-state index in [9.17, 15) is 19.8 Å². The zero-order valence-electron chi connectivity index (χ0n) is 19.0. The number of rotatable bonds is 8. The second kappa shape index (κ2) is 11.5. The first kappa shape index (κ1) is 24.3. The van der Waals surface area contributed by atoms with Crippen molar-refractivity contribution in [2.45, 2.75) is 18.9 Å². The summed E-state index contributed by atoms with van der Waals surface area (Å²) in [5, 5.41) is 28.3. The van der Waals surface area contributed by atoms with Gasteiger partial charge in [0.25, 0.3) is 5.91 Å². The maximum absolute atomic E-state index is 12.8. The Morgan fingerprint density at radius 3 is 2.59 bits per heavy atom. The second-order valence-corrected chi connectivity index (χ2v) is 9.67. The highest BCUT2D eigenvalue weighted by atomic mass is 32.2. The molecule has 180 valence electrons. The number of carboxylic acid groups (broad SMARTS) is 1. The van der Waals surface area contributed by atoms with Gasteiger partial charge in [-0.2, -0.15) is 16.9 Å². The summed E-state index contributed by atoms with van der Waals surface area (Å²) in [6.07, 6.45) is 3.00. The Labute approximate surface area is 203 Å². The summed E-state index contributed by atoms with van der Waals surface area (Å²) in [4.78, 5) is 26.0. The molecule has 1 unspecified atom stereocenters. The molecule has 9 heteroatoms. The summed E-state index contributed by atoms with van der Waals surface area (Å²) in [6, 6.07) is 12.9. The van der Waals surface area contributed by atoms with Crippen LogP contribution in [0, 0.1) is 0 Å². The van der Waals surface area contributed by atoms with Crippen molar-refractivity contribution >= 4 is 35.5 Å².